The number of carbonyl (C=O) groups excluding carboxylic acids is 10. The van der Waals surface area contributed by atoms with Crippen molar-refractivity contribution in [1.29, 1.82) is 0 Å². The molecule has 4 unspecified atom stereocenters. The summed E-state index contributed by atoms with van der Waals surface area (Å²) in [5.74, 6) is 4.40. The first kappa shape index (κ1) is 90.6. The van der Waals surface area contributed by atoms with Gasteiger partial charge in [0, 0.05) is 158 Å². The number of aromatic nitrogens is 12. The Labute approximate surface area is 799 Å². The molecule has 6 aromatic heterocycles. The largest absolute Gasteiger partial charge is 0.444 e. The lowest BCUT2D eigenvalue weighted by Gasteiger charge is -2.26. The number of nitrogens with zero attached hydrogens (tertiary/aromatic N) is 16. The first-order chi connectivity index (χ1) is 65.4. The van der Waals surface area contributed by atoms with Gasteiger partial charge in [-0.2, -0.15) is 0 Å². The van der Waals surface area contributed by atoms with Crippen LogP contribution in [0, 0.1) is 44.4 Å². The fourth-order valence-corrected chi connectivity index (χ4v) is 21.8. The van der Waals surface area contributed by atoms with Crippen LogP contribution in [0.15, 0.2) is 139 Å². The van der Waals surface area contributed by atoms with Crippen molar-refractivity contribution in [3.05, 3.63) is 184 Å². The van der Waals surface area contributed by atoms with Crippen LogP contribution in [0.5, 0.6) is 0 Å². The molecule has 700 valence electrons. The molecule has 9 fully saturated rings. The van der Waals surface area contributed by atoms with Crippen LogP contribution >= 0.6 is 27.5 Å². The highest BCUT2D eigenvalue weighted by Gasteiger charge is 2.58. The molecule has 5 N–H and O–H groups in total. The average molecular weight is 1920 g/mol. The van der Waals surface area contributed by atoms with Crippen LogP contribution in [0.4, 0.5) is 33.2 Å². The number of imidazole rings is 2. The van der Waals surface area contributed by atoms with Crippen molar-refractivity contribution in [2.45, 2.75) is 204 Å². The van der Waals surface area contributed by atoms with Crippen molar-refractivity contribution in [3.63, 3.8) is 0 Å². The van der Waals surface area contributed by atoms with Crippen LogP contribution in [0.1, 0.15) is 182 Å². The number of nitrogens with one attached hydrogen (secondary N) is 5. The molecule has 5 aromatic carbocycles. The number of benzene rings is 5. The Morgan fingerprint density at radius 1 is 0.419 bits per heavy atom. The summed E-state index contributed by atoms with van der Waals surface area (Å²) >= 11 is 8.51. The zero-order chi connectivity index (χ0) is 94.8. The molecule has 15 heterocycles. The third-order valence-electron chi connectivity index (χ3n) is 29.2. The number of hydrogen-bond acceptors (Lipinski definition) is 21. The number of fused-ring (bicyclic) bond motifs is 12. The Morgan fingerprint density at radius 2 is 0.779 bits per heavy atom. The lowest BCUT2D eigenvalue weighted by Crippen LogP contribution is -2.41. The summed E-state index contributed by atoms with van der Waals surface area (Å²) in [5.41, 5.74) is 14.9. The van der Waals surface area contributed by atoms with Gasteiger partial charge in [0.2, 0.25) is 52.5 Å². The van der Waals surface area contributed by atoms with E-state index >= 15 is 0 Å². The van der Waals surface area contributed by atoms with E-state index < -0.39 is 27.3 Å². The summed E-state index contributed by atoms with van der Waals surface area (Å²) < 4.78 is 10.5. The van der Waals surface area contributed by atoms with Gasteiger partial charge < -0.3 is 60.1 Å². The Balaban J connectivity index is 0.000000107. The summed E-state index contributed by atoms with van der Waals surface area (Å²) in [4.78, 5) is 176. The van der Waals surface area contributed by atoms with E-state index in [1.807, 2.05) is 164 Å². The van der Waals surface area contributed by atoms with Crippen molar-refractivity contribution in [2.24, 2.45) is 23.7 Å². The van der Waals surface area contributed by atoms with E-state index in [0.717, 1.165) is 177 Å². The predicted molar refractivity (Wildman–Crippen MR) is 514 cm³/mol. The maximum atomic E-state index is 13.2. The zero-order valence-electron chi connectivity index (χ0n) is 77.3. The summed E-state index contributed by atoms with van der Waals surface area (Å²) in [6.45, 7) is 20.9. The molecule has 5 aliphatic carbocycles. The van der Waals surface area contributed by atoms with Crippen molar-refractivity contribution in [1.82, 2.24) is 78.6 Å². The predicted octanol–water partition coefficient (Wildman–Crippen LogP) is 14.9. The number of aryl methyl sites for hydroxylation is 5. The fourth-order valence-electron chi connectivity index (χ4n) is 21.2. The molecule has 0 bridgehead atoms. The van der Waals surface area contributed by atoms with E-state index in [4.69, 9.17) is 26.3 Å². The highest BCUT2D eigenvalue weighted by molar-refractivity contribution is 9.10. The molecule has 34 heteroatoms. The fraction of sp³-hybridized carbons (Fsp3) is 0.431. The normalized spacial score (nSPS) is 22.4. The second-order valence-corrected chi connectivity index (χ2v) is 40.8. The molecule has 9 amide bonds. The van der Waals surface area contributed by atoms with Gasteiger partial charge in [-0.25, -0.2) is 54.6 Å². The number of halogens is 2. The van der Waals surface area contributed by atoms with Crippen molar-refractivity contribution < 1.29 is 52.7 Å². The van der Waals surface area contributed by atoms with Crippen LogP contribution < -0.4 is 26.6 Å². The van der Waals surface area contributed by atoms with Gasteiger partial charge in [-0.3, -0.25) is 43.2 Å². The molecule has 4 atom stereocenters. The number of carbonyl (C=O) groups is 10. The first-order valence-electron chi connectivity index (χ1n) is 47.3. The Morgan fingerprint density at radius 3 is 1.18 bits per heavy atom. The Hall–Kier alpha value is -13.2. The molecule has 11 aromatic rings. The van der Waals surface area contributed by atoms with Gasteiger partial charge >= 0.3 is 6.09 Å². The van der Waals surface area contributed by atoms with Gasteiger partial charge in [0.05, 0.1) is 38.2 Å². The summed E-state index contributed by atoms with van der Waals surface area (Å²) in [7, 11) is 0. The second-order valence-electron chi connectivity index (χ2n) is 39.5. The van der Waals surface area contributed by atoms with Gasteiger partial charge in [0.25, 0.3) is 0 Å². The lowest BCUT2D eigenvalue weighted by molar-refractivity contribution is -0.133. The van der Waals surface area contributed by atoms with E-state index in [2.05, 4.69) is 94.5 Å². The molecular formula is C102H107BrClN21O11. The average Bonchev–Trinajstić information content (AvgIpc) is 1.59. The molecule has 5 saturated carbocycles. The zero-order valence-corrected chi connectivity index (χ0v) is 79.6. The summed E-state index contributed by atoms with van der Waals surface area (Å²) in [6, 6.07) is 31.7. The van der Waals surface area contributed by atoms with Crippen LogP contribution in [0.2, 0.25) is 0 Å². The monoisotopic (exact) mass is 1920 g/mol. The number of para-hydroxylation sites is 1. The van der Waals surface area contributed by atoms with Crippen LogP contribution in [-0.4, -0.2) is 195 Å². The minimum absolute atomic E-state index is 0.0187. The topological polar surface area (TPSA) is 392 Å². The molecule has 25 rings (SSSR count). The number of ether oxygens (including phenoxy) is 1. The SMILES string of the molecule is CC(C)(C)OC(=O)N1CCC2(C1)C(=O)Nc1ccccc12.CCn1c(-c2cnc(C)nc2)nc2c(-c3ccc4c(c3)C3(CCN(C(=O)C5CC5)C3)C(=O)N4)ncnc21.CCn1c(-c2cnc(C)nc2)nc2c(-c3ccc4c(c3)C3(CCN(C(=O)C5CC5)C3)C(=O)N4)ncnc21.Cc1ccc2c(c1)C1(CCN(C(=O)C3CC3)C1)C(=O)N2.O=C(Cl)C1CC1.O=C1Nc2ccc(Br)cc2C12CCCC2. The van der Waals surface area contributed by atoms with Crippen molar-refractivity contribution in [3.8, 4) is 45.3 Å². The highest BCUT2D eigenvalue weighted by atomic mass is 79.9. The first-order valence-corrected chi connectivity index (χ1v) is 48.5. The summed E-state index contributed by atoms with van der Waals surface area (Å²) in [6.07, 6.45) is 24.7. The molecular weight excluding hydrogens is 1810 g/mol. The van der Waals surface area contributed by atoms with Gasteiger partial charge in [-0.1, -0.05) is 76.8 Å². The molecule has 14 aliphatic rings. The molecule has 5 spiro atoms. The standard InChI is InChI=1S/2C27H26N8O2.C16H20N2O3.C16H18N2O2.C12H12BrNO.C4H5ClO/c2*1-3-35-23(18-11-28-15(2)29-12-18)33-22-21(30-14-31-24(22)35)17-6-7-20-19(10-17)27(26(37)32-20)8-9-34(13-27)25(36)16-4-5-16;1-15(2,3)21-14(20)18-9-8-16(10-18)11-6-4-5-7-12(11)17-13(16)19;1-10-2-5-13-12(8-10)16(15(20)17-13)6-7-18(9-16)14(19)11-3-4-11;13-8-3-4-10-9(7-8)12(11(15)14-10)5-1-2-6-12;5-4(6)3-1-2-3/h2*6-7,10-12,14,16H,3-5,8-9,13H2,1-2H3,(H,32,37);4-7H,8-10H2,1-3H3,(H,17,19);2,5,8,11H,3-4,6-7,9H2,1H3,(H,17,20);3-4,7H,1-2,5-6H2,(H,14,15);3H,1-2H2. The Bertz CT molecular complexity index is 6540. The maximum Gasteiger partial charge on any atom is 0.410 e. The number of likely N-dealkylation sites (tertiary alicyclic amines) is 4. The molecule has 9 aliphatic heterocycles. The summed E-state index contributed by atoms with van der Waals surface area (Å²) in [5, 5.41) is 14.9. The third-order valence-corrected chi connectivity index (χ3v) is 30.0. The number of anilines is 5. The van der Waals surface area contributed by atoms with Crippen LogP contribution in [0.25, 0.3) is 67.6 Å². The van der Waals surface area contributed by atoms with Gasteiger partial charge in [0.15, 0.2) is 11.3 Å². The third kappa shape index (κ3) is 16.5. The number of rotatable bonds is 10. The van der Waals surface area contributed by atoms with Crippen LogP contribution in [0.3, 0.4) is 0 Å². The van der Waals surface area contributed by atoms with E-state index in [0.29, 0.717) is 119 Å². The quantitative estimate of drug-likeness (QED) is 0.0794. The smallest absolute Gasteiger partial charge is 0.410 e. The van der Waals surface area contributed by atoms with E-state index in [9.17, 15) is 47.9 Å². The van der Waals surface area contributed by atoms with Gasteiger partial charge in [0.1, 0.15) is 64.0 Å². The number of amides is 9. The van der Waals surface area contributed by atoms with Gasteiger partial charge in [-0.15, -0.1) is 0 Å². The van der Waals surface area contributed by atoms with E-state index in [1.54, 1.807) is 42.3 Å². The maximum absolute atomic E-state index is 13.2. The van der Waals surface area contributed by atoms with Crippen molar-refractivity contribution in [2.75, 3.05) is 78.9 Å². The molecule has 4 saturated heterocycles. The highest BCUT2D eigenvalue weighted by Crippen LogP contribution is 2.54. The van der Waals surface area contributed by atoms with Crippen LogP contribution in [-0.2, 0) is 88.1 Å². The van der Waals surface area contributed by atoms with E-state index in [1.165, 1.54) is 18.4 Å². The lowest BCUT2D eigenvalue weighted by atomic mass is 9.80. The Kier molecular flexibility index (Phi) is 23.4. The van der Waals surface area contributed by atoms with Gasteiger partial charge in [-0.05, 0) is 239 Å². The molecule has 136 heavy (non-hydrogen) atoms. The second kappa shape index (κ2) is 35.2. The minimum atomic E-state index is -0.727. The number of hydrogen-bond donors (Lipinski definition) is 5. The molecule has 32 nitrogen and oxygen atoms in total. The molecule has 0 radical (unpaired) electrons. The van der Waals surface area contributed by atoms with E-state index in [-0.39, 0.29) is 87.7 Å². The van der Waals surface area contributed by atoms with Crippen molar-refractivity contribution >= 4 is 137 Å². The minimum Gasteiger partial charge on any atom is -0.444 e.